The number of nitrogens with zero attached hydrogens (tertiary/aromatic N) is 4. The lowest BCUT2D eigenvalue weighted by atomic mass is 10.2. The third-order valence-electron chi connectivity index (χ3n) is 4.05. The molecule has 0 N–H and O–H groups in total. The van der Waals surface area contributed by atoms with E-state index in [1.165, 1.54) is 23.1 Å². The van der Waals surface area contributed by atoms with Crippen molar-refractivity contribution in [1.29, 1.82) is 0 Å². The first-order chi connectivity index (χ1) is 13.1. The van der Waals surface area contributed by atoms with Crippen molar-refractivity contribution in [3.8, 4) is 17.2 Å². The van der Waals surface area contributed by atoms with E-state index in [2.05, 4.69) is 15.2 Å². The minimum Gasteiger partial charge on any atom is -0.497 e. The summed E-state index contributed by atoms with van der Waals surface area (Å²) in [5, 5.41) is 10.6. The first-order valence-electron chi connectivity index (χ1n) is 8.15. The molecule has 0 aliphatic carbocycles. The molecule has 9 heteroatoms. The Morgan fingerprint density at radius 2 is 2.00 bits per heavy atom. The van der Waals surface area contributed by atoms with Crippen molar-refractivity contribution in [3.63, 3.8) is 0 Å². The third kappa shape index (κ3) is 3.35. The molecule has 0 spiro atoms. The number of thiophene rings is 1. The second kappa shape index (κ2) is 7.16. The molecule has 3 heterocycles. The zero-order valence-electron chi connectivity index (χ0n) is 14.9. The van der Waals surface area contributed by atoms with Gasteiger partial charge in [0.1, 0.15) is 10.4 Å². The fourth-order valence-corrected chi connectivity index (χ4v) is 4.24. The second-order valence-electron chi connectivity index (χ2n) is 5.83. The summed E-state index contributed by atoms with van der Waals surface area (Å²) < 4.78 is 13.2. The molecule has 0 radical (unpaired) electrons. The first kappa shape index (κ1) is 17.7. The van der Waals surface area contributed by atoms with Crippen LogP contribution in [0.3, 0.4) is 0 Å². The summed E-state index contributed by atoms with van der Waals surface area (Å²) in [6, 6.07) is 9.26. The van der Waals surface area contributed by atoms with Gasteiger partial charge in [-0.2, -0.15) is 0 Å². The van der Waals surface area contributed by atoms with E-state index in [1.807, 2.05) is 42.6 Å². The van der Waals surface area contributed by atoms with Crippen LogP contribution < -0.4 is 10.3 Å². The fraction of sp³-hybridized carbons (Fsp3) is 0.222. The van der Waals surface area contributed by atoms with Crippen LogP contribution in [-0.2, 0) is 7.05 Å². The second-order valence-corrected chi connectivity index (χ2v) is 8.05. The van der Waals surface area contributed by atoms with Gasteiger partial charge in [0.25, 0.3) is 5.56 Å². The van der Waals surface area contributed by atoms with Crippen molar-refractivity contribution in [1.82, 2.24) is 19.7 Å². The minimum absolute atomic E-state index is 0.0471. The van der Waals surface area contributed by atoms with E-state index >= 15 is 0 Å². The first-order valence-corrected chi connectivity index (χ1v) is 9.91. The van der Waals surface area contributed by atoms with Gasteiger partial charge in [0.05, 0.1) is 17.9 Å². The van der Waals surface area contributed by atoms with Gasteiger partial charge in [0.2, 0.25) is 11.8 Å². The van der Waals surface area contributed by atoms with Gasteiger partial charge in [-0.25, -0.2) is 4.98 Å². The number of benzene rings is 1. The average molecular weight is 400 g/mol. The SMILES string of the molecule is COc1ccc(-c2nnc([C@H](C)Sc3nc4ccsc4c(=O)n3C)o2)cc1. The normalized spacial score (nSPS) is 12.4. The number of fused-ring (bicyclic) bond motifs is 1. The zero-order chi connectivity index (χ0) is 19.0. The van der Waals surface area contributed by atoms with Crippen molar-refractivity contribution in [2.45, 2.75) is 17.3 Å². The van der Waals surface area contributed by atoms with E-state index in [0.29, 0.717) is 27.2 Å². The van der Waals surface area contributed by atoms with Gasteiger partial charge >= 0.3 is 0 Å². The van der Waals surface area contributed by atoms with Crippen molar-refractivity contribution < 1.29 is 9.15 Å². The maximum atomic E-state index is 12.4. The van der Waals surface area contributed by atoms with Gasteiger partial charge in [-0.05, 0) is 42.6 Å². The number of hydrogen-bond acceptors (Lipinski definition) is 8. The standard InChI is InChI=1S/C18H16N4O3S2/c1-10(27-18-19-13-8-9-26-14(13)17(23)22(18)2)15-20-21-16(25-15)11-4-6-12(24-3)7-5-11/h4-10H,1-3H3/t10-/m0/s1. The molecule has 1 atom stereocenters. The van der Waals surface area contributed by atoms with E-state index in [1.54, 1.807) is 18.7 Å². The molecular formula is C18H16N4O3S2. The van der Waals surface area contributed by atoms with Crippen LogP contribution in [0, 0.1) is 0 Å². The van der Waals surface area contributed by atoms with Gasteiger partial charge in [-0.3, -0.25) is 9.36 Å². The largest absolute Gasteiger partial charge is 0.497 e. The van der Waals surface area contributed by atoms with Crippen LogP contribution in [0.25, 0.3) is 21.7 Å². The van der Waals surface area contributed by atoms with Crippen LogP contribution in [0.4, 0.5) is 0 Å². The molecule has 1 aromatic carbocycles. The van der Waals surface area contributed by atoms with E-state index in [9.17, 15) is 4.79 Å². The zero-order valence-corrected chi connectivity index (χ0v) is 16.5. The molecule has 0 aliphatic heterocycles. The van der Waals surface area contributed by atoms with Crippen LogP contribution in [-0.4, -0.2) is 26.9 Å². The minimum atomic E-state index is -0.154. The molecule has 27 heavy (non-hydrogen) atoms. The Bertz CT molecular complexity index is 1150. The van der Waals surface area contributed by atoms with Crippen LogP contribution in [0.2, 0.25) is 0 Å². The molecule has 0 fully saturated rings. The number of rotatable bonds is 5. The number of thioether (sulfide) groups is 1. The van der Waals surface area contributed by atoms with Crippen molar-refractivity contribution in [2.24, 2.45) is 7.05 Å². The summed E-state index contributed by atoms with van der Waals surface area (Å²) in [5.41, 5.74) is 1.48. The lowest BCUT2D eigenvalue weighted by molar-refractivity contribution is 0.415. The van der Waals surface area contributed by atoms with Gasteiger partial charge < -0.3 is 9.15 Å². The highest BCUT2D eigenvalue weighted by molar-refractivity contribution is 7.99. The molecular weight excluding hydrogens is 384 g/mol. The van der Waals surface area contributed by atoms with Crippen LogP contribution >= 0.6 is 23.1 Å². The highest BCUT2D eigenvalue weighted by atomic mass is 32.2. The van der Waals surface area contributed by atoms with Gasteiger partial charge in [-0.1, -0.05) is 11.8 Å². The maximum absolute atomic E-state index is 12.4. The lowest BCUT2D eigenvalue weighted by Gasteiger charge is -2.09. The number of ether oxygens (including phenoxy) is 1. The summed E-state index contributed by atoms with van der Waals surface area (Å²) in [7, 11) is 3.34. The van der Waals surface area contributed by atoms with E-state index in [-0.39, 0.29) is 10.8 Å². The van der Waals surface area contributed by atoms with Crippen molar-refractivity contribution >= 4 is 33.3 Å². The van der Waals surface area contributed by atoms with Crippen LogP contribution in [0.1, 0.15) is 18.1 Å². The van der Waals surface area contributed by atoms with Crippen LogP contribution in [0.15, 0.2) is 50.1 Å². The van der Waals surface area contributed by atoms with E-state index in [0.717, 1.165) is 11.3 Å². The number of aromatic nitrogens is 4. The van der Waals surface area contributed by atoms with E-state index in [4.69, 9.17) is 9.15 Å². The highest BCUT2D eigenvalue weighted by Gasteiger charge is 2.19. The molecule has 0 bridgehead atoms. The predicted molar refractivity (Wildman–Crippen MR) is 105 cm³/mol. The topological polar surface area (TPSA) is 83.0 Å². The van der Waals surface area contributed by atoms with Crippen molar-refractivity contribution in [3.05, 3.63) is 52.0 Å². The molecule has 3 aromatic heterocycles. The molecule has 4 rings (SSSR count). The Morgan fingerprint density at radius 3 is 2.74 bits per heavy atom. The predicted octanol–water partition coefficient (Wildman–Crippen LogP) is 3.91. The molecule has 138 valence electrons. The molecule has 0 unspecified atom stereocenters. The highest BCUT2D eigenvalue weighted by Crippen LogP contribution is 2.34. The summed E-state index contributed by atoms with van der Waals surface area (Å²) in [6.45, 7) is 1.94. The van der Waals surface area contributed by atoms with Gasteiger partial charge in [0.15, 0.2) is 5.16 Å². The fourth-order valence-electron chi connectivity index (χ4n) is 2.53. The third-order valence-corrected chi connectivity index (χ3v) is 6.08. The summed E-state index contributed by atoms with van der Waals surface area (Å²) in [6.07, 6.45) is 0. The quantitative estimate of drug-likeness (QED) is 0.371. The molecule has 0 amide bonds. The molecule has 0 saturated heterocycles. The van der Waals surface area contributed by atoms with Crippen LogP contribution in [0.5, 0.6) is 5.75 Å². The van der Waals surface area contributed by atoms with E-state index < -0.39 is 0 Å². The summed E-state index contributed by atoms with van der Waals surface area (Å²) in [4.78, 5) is 17.0. The summed E-state index contributed by atoms with van der Waals surface area (Å²) in [5.74, 6) is 1.68. The monoisotopic (exact) mass is 400 g/mol. The maximum Gasteiger partial charge on any atom is 0.271 e. The number of methoxy groups -OCH3 is 1. The Labute approximate surface area is 163 Å². The average Bonchev–Trinajstić information content (AvgIpc) is 3.35. The summed E-state index contributed by atoms with van der Waals surface area (Å²) >= 11 is 2.81. The smallest absolute Gasteiger partial charge is 0.271 e. The molecule has 0 aliphatic rings. The Kier molecular flexibility index (Phi) is 4.71. The molecule has 0 saturated carbocycles. The van der Waals surface area contributed by atoms with Gasteiger partial charge in [0, 0.05) is 12.6 Å². The molecule has 7 nitrogen and oxygen atoms in total. The molecule has 4 aromatic rings. The lowest BCUT2D eigenvalue weighted by Crippen LogP contribution is -2.19. The Morgan fingerprint density at radius 1 is 1.22 bits per heavy atom. The Hall–Kier alpha value is -2.65. The van der Waals surface area contributed by atoms with Gasteiger partial charge in [-0.15, -0.1) is 21.5 Å². The Balaban J connectivity index is 1.58. The number of hydrogen-bond donors (Lipinski definition) is 0. The van der Waals surface area contributed by atoms with Crippen molar-refractivity contribution in [2.75, 3.05) is 7.11 Å².